The van der Waals surface area contributed by atoms with Crippen LogP contribution >= 0.6 is 12.4 Å². The molecule has 1 atom stereocenters. The lowest BCUT2D eigenvalue weighted by Gasteiger charge is -2.13. The van der Waals surface area contributed by atoms with Crippen LogP contribution in [0.3, 0.4) is 0 Å². The fraction of sp³-hybridized carbons (Fsp3) is 0.267. The first-order valence-electron chi connectivity index (χ1n) is 6.75. The molecule has 2 aromatic rings. The molecule has 0 saturated carbocycles. The molecule has 7 nitrogen and oxygen atoms in total. The zero-order valence-corrected chi connectivity index (χ0v) is 13.5. The summed E-state index contributed by atoms with van der Waals surface area (Å²) in [7, 11) is 0. The predicted octanol–water partition coefficient (Wildman–Crippen LogP) is 0.925. The number of rotatable bonds is 4. The van der Waals surface area contributed by atoms with E-state index in [9.17, 15) is 14.4 Å². The van der Waals surface area contributed by atoms with Crippen molar-refractivity contribution in [1.82, 2.24) is 5.32 Å². The van der Waals surface area contributed by atoms with Crippen molar-refractivity contribution in [1.29, 1.82) is 0 Å². The van der Waals surface area contributed by atoms with Gasteiger partial charge in [-0.05, 0) is 31.5 Å². The predicted molar refractivity (Wildman–Crippen MR) is 89.8 cm³/mol. The van der Waals surface area contributed by atoms with Crippen molar-refractivity contribution in [3.05, 3.63) is 40.2 Å². The number of aryl methyl sites for hydroxylation is 1. The molecule has 0 aliphatic rings. The minimum atomic E-state index is -0.726. The zero-order chi connectivity index (χ0) is 16.3. The Bertz CT molecular complexity index is 788. The van der Waals surface area contributed by atoms with Gasteiger partial charge in [-0.15, -0.1) is 12.4 Å². The highest BCUT2D eigenvalue weighted by Gasteiger charge is 2.15. The molecule has 0 radical (unpaired) electrons. The van der Waals surface area contributed by atoms with Crippen molar-refractivity contribution in [2.45, 2.75) is 19.9 Å². The molecular weight excluding hydrogens is 322 g/mol. The van der Waals surface area contributed by atoms with Crippen molar-refractivity contribution >= 4 is 40.9 Å². The Morgan fingerprint density at radius 3 is 2.65 bits per heavy atom. The van der Waals surface area contributed by atoms with Gasteiger partial charge >= 0.3 is 5.63 Å². The third kappa shape index (κ3) is 4.54. The van der Waals surface area contributed by atoms with Gasteiger partial charge in [-0.2, -0.15) is 0 Å². The summed E-state index contributed by atoms with van der Waals surface area (Å²) in [5, 5.41) is 5.89. The average molecular weight is 340 g/mol. The van der Waals surface area contributed by atoms with E-state index in [1.807, 2.05) is 6.92 Å². The van der Waals surface area contributed by atoms with Gasteiger partial charge in [0, 0.05) is 23.2 Å². The monoisotopic (exact) mass is 339 g/mol. The van der Waals surface area contributed by atoms with Crippen molar-refractivity contribution in [3.63, 3.8) is 0 Å². The van der Waals surface area contributed by atoms with Crippen molar-refractivity contribution in [2.24, 2.45) is 5.73 Å². The number of carbonyl (C=O) groups is 2. The van der Waals surface area contributed by atoms with Gasteiger partial charge in [0.1, 0.15) is 11.6 Å². The van der Waals surface area contributed by atoms with Crippen LogP contribution in [0.25, 0.3) is 11.0 Å². The van der Waals surface area contributed by atoms with E-state index in [1.54, 1.807) is 25.1 Å². The van der Waals surface area contributed by atoms with Gasteiger partial charge in [-0.1, -0.05) is 0 Å². The molecule has 0 spiro atoms. The number of nitrogens with two attached hydrogens (primary N) is 1. The van der Waals surface area contributed by atoms with E-state index in [2.05, 4.69) is 10.6 Å². The number of benzene rings is 1. The van der Waals surface area contributed by atoms with Crippen LogP contribution in [0.5, 0.6) is 0 Å². The highest BCUT2D eigenvalue weighted by atomic mass is 35.5. The molecule has 0 saturated heterocycles. The SMILES string of the molecule is Cc1cc(=O)oc2cc(NC(=O)[C@H](C)NC(=O)CN)ccc12.Cl. The maximum Gasteiger partial charge on any atom is 0.336 e. The average Bonchev–Trinajstić information content (AvgIpc) is 2.46. The maximum atomic E-state index is 12.0. The van der Waals surface area contributed by atoms with Crippen molar-refractivity contribution < 1.29 is 14.0 Å². The minimum Gasteiger partial charge on any atom is -0.423 e. The van der Waals surface area contributed by atoms with Crippen LogP contribution in [0.1, 0.15) is 12.5 Å². The molecule has 4 N–H and O–H groups in total. The van der Waals surface area contributed by atoms with E-state index in [4.69, 9.17) is 10.2 Å². The molecule has 124 valence electrons. The largest absolute Gasteiger partial charge is 0.423 e. The van der Waals surface area contributed by atoms with Crippen LogP contribution < -0.4 is 22.0 Å². The summed E-state index contributed by atoms with van der Waals surface area (Å²) >= 11 is 0. The molecule has 1 heterocycles. The quantitative estimate of drug-likeness (QED) is 0.717. The first kappa shape index (κ1) is 18.7. The molecule has 0 fully saturated rings. The van der Waals surface area contributed by atoms with E-state index in [0.29, 0.717) is 11.3 Å². The summed E-state index contributed by atoms with van der Waals surface area (Å²) in [6.45, 7) is 3.17. The fourth-order valence-electron chi connectivity index (χ4n) is 2.02. The number of carbonyl (C=O) groups excluding carboxylic acids is 2. The van der Waals surface area contributed by atoms with Gasteiger partial charge in [0.2, 0.25) is 11.8 Å². The summed E-state index contributed by atoms with van der Waals surface area (Å²) in [4.78, 5) is 34.5. The molecule has 0 aliphatic heterocycles. The van der Waals surface area contributed by atoms with Crippen LogP contribution in [0.4, 0.5) is 5.69 Å². The van der Waals surface area contributed by atoms with Gasteiger partial charge in [0.05, 0.1) is 6.54 Å². The van der Waals surface area contributed by atoms with E-state index < -0.39 is 23.5 Å². The molecule has 0 unspecified atom stereocenters. The Balaban J connectivity index is 0.00000264. The van der Waals surface area contributed by atoms with E-state index in [1.165, 1.54) is 6.07 Å². The number of halogens is 1. The molecule has 1 aromatic carbocycles. The number of fused-ring (bicyclic) bond motifs is 1. The van der Waals surface area contributed by atoms with E-state index in [0.717, 1.165) is 10.9 Å². The Labute approximate surface area is 138 Å². The first-order chi connectivity index (χ1) is 10.4. The highest BCUT2D eigenvalue weighted by molar-refractivity contribution is 5.98. The van der Waals surface area contributed by atoms with E-state index in [-0.39, 0.29) is 19.0 Å². The summed E-state index contributed by atoms with van der Waals surface area (Å²) in [6, 6.07) is 5.71. The number of hydrogen-bond donors (Lipinski definition) is 3. The van der Waals surface area contributed by atoms with Gasteiger partial charge < -0.3 is 20.8 Å². The molecule has 2 amide bonds. The lowest BCUT2D eigenvalue weighted by molar-refractivity contribution is -0.125. The van der Waals surface area contributed by atoms with Gasteiger partial charge in [-0.25, -0.2) is 4.79 Å². The number of nitrogens with one attached hydrogen (secondary N) is 2. The standard InChI is InChI=1S/C15H17N3O4.ClH/c1-8-5-14(20)22-12-6-10(3-4-11(8)12)18-15(21)9(2)17-13(19)7-16;/h3-6,9H,7,16H2,1-2H3,(H,17,19)(H,18,21);1H/t9-;/m0./s1. The lowest BCUT2D eigenvalue weighted by atomic mass is 10.1. The fourth-order valence-corrected chi connectivity index (χ4v) is 2.02. The Kier molecular flexibility index (Phi) is 6.29. The maximum absolute atomic E-state index is 12.0. The van der Waals surface area contributed by atoms with Gasteiger partial charge in [-0.3, -0.25) is 9.59 Å². The van der Waals surface area contributed by atoms with Crippen LogP contribution in [-0.4, -0.2) is 24.4 Å². The normalized spacial score (nSPS) is 11.4. The van der Waals surface area contributed by atoms with Crippen LogP contribution in [0.15, 0.2) is 33.5 Å². The Hall–Kier alpha value is -2.38. The lowest BCUT2D eigenvalue weighted by Crippen LogP contribution is -2.44. The highest BCUT2D eigenvalue weighted by Crippen LogP contribution is 2.20. The van der Waals surface area contributed by atoms with Crippen LogP contribution in [0, 0.1) is 6.92 Å². The summed E-state index contributed by atoms with van der Waals surface area (Å²) < 4.78 is 5.11. The number of hydrogen-bond acceptors (Lipinski definition) is 5. The molecule has 1 aromatic heterocycles. The molecule has 23 heavy (non-hydrogen) atoms. The Morgan fingerprint density at radius 1 is 1.30 bits per heavy atom. The molecule has 0 aliphatic carbocycles. The topological polar surface area (TPSA) is 114 Å². The van der Waals surface area contributed by atoms with Gasteiger partial charge in [0.25, 0.3) is 0 Å². The number of amides is 2. The zero-order valence-electron chi connectivity index (χ0n) is 12.7. The second-order valence-corrected chi connectivity index (χ2v) is 4.94. The third-order valence-corrected chi connectivity index (χ3v) is 3.18. The third-order valence-electron chi connectivity index (χ3n) is 3.18. The molecular formula is C15H18ClN3O4. The summed E-state index contributed by atoms with van der Waals surface area (Å²) in [6.07, 6.45) is 0. The molecule has 8 heteroatoms. The number of anilines is 1. The smallest absolute Gasteiger partial charge is 0.336 e. The first-order valence-corrected chi connectivity index (χ1v) is 6.75. The second kappa shape index (κ2) is 7.75. The van der Waals surface area contributed by atoms with E-state index >= 15 is 0 Å². The molecule has 2 rings (SSSR count). The molecule has 0 bridgehead atoms. The second-order valence-electron chi connectivity index (χ2n) is 4.94. The van der Waals surface area contributed by atoms with Crippen LogP contribution in [-0.2, 0) is 9.59 Å². The Morgan fingerprint density at radius 2 is 2.00 bits per heavy atom. The van der Waals surface area contributed by atoms with Crippen molar-refractivity contribution in [3.8, 4) is 0 Å². The van der Waals surface area contributed by atoms with Crippen LogP contribution in [0.2, 0.25) is 0 Å². The summed E-state index contributed by atoms with van der Waals surface area (Å²) in [5.41, 5.74) is 6.39. The summed E-state index contributed by atoms with van der Waals surface area (Å²) in [5.74, 6) is -0.807. The van der Waals surface area contributed by atoms with Gasteiger partial charge in [0.15, 0.2) is 0 Å². The van der Waals surface area contributed by atoms with Crippen molar-refractivity contribution in [2.75, 3.05) is 11.9 Å². The minimum absolute atomic E-state index is 0.